The Hall–Kier alpha value is -4.13. The molecule has 0 spiro atoms. The van der Waals surface area contributed by atoms with Gasteiger partial charge in [0.2, 0.25) is 0 Å². The number of hydrogen-bond donors (Lipinski definition) is 1. The third kappa shape index (κ3) is 4.69. The van der Waals surface area contributed by atoms with Crippen LogP contribution < -0.4 is 15.0 Å². The Kier molecular flexibility index (Phi) is 6.35. The minimum atomic E-state index is -0.155. The zero-order valence-electron chi connectivity index (χ0n) is 19.7. The molecule has 37 heavy (non-hydrogen) atoms. The molecule has 6 rings (SSSR count). The molecule has 0 aliphatic carbocycles. The van der Waals surface area contributed by atoms with Gasteiger partial charge < -0.3 is 19.5 Å². The van der Waals surface area contributed by atoms with Crippen molar-refractivity contribution in [3.8, 4) is 17.2 Å². The van der Waals surface area contributed by atoms with Crippen molar-refractivity contribution in [3.63, 3.8) is 0 Å². The molecule has 5 aromatic rings. The molecule has 5 nitrogen and oxygen atoms in total. The first-order valence-corrected chi connectivity index (χ1v) is 12.7. The molecule has 1 saturated heterocycles. The molecule has 1 aliphatic rings. The van der Waals surface area contributed by atoms with Crippen molar-refractivity contribution in [1.29, 1.82) is 0 Å². The number of thiocarbonyl (C=S) groups is 1. The highest BCUT2D eigenvalue weighted by Crippen LogP contribution is 2.42. The van der Waals surface area contributed by atoms with Crippen LogP contribution in [0.15, 0.2) is 122 Å². The second kappa shape index (κ2) is 10.1. The molecule has 0 radical (unpaired) electrons. The van der Waals surface area contributed by atoms with E-state index in [4.69, 9.17) is 28.6 Å². The first-order chi connectivity index (χ1) is 18.2. The highest BCUT2D eigenvalue weighted by molar-refractivity contribution is 7.80. The molecule has 0 unspecified atom stereocenters. The van der Waals surface area contributed by atoms with Crippen LogP contribution in [0, 0.1) is 0 Å². The number of halogens is 1. The van der Waals surface area contributed by atoms with Crippen molar-refractivity contribution >= 4 is 34.6 Å². The molecule has 1 aliphatic heterocycles. The van der Waals surface area contributed by atoms with Gasteiger partial charge in [0.1, 0.15) is 17.5 Å². The van der Waals surface area contributed by atoms with Gasteiger partial charge in [0, 0.05) is 34.5 Å². The molecule has 0 bridgehead atoms. The van der Waals surface area contributed by atoms with Gasteiger partial charge in [-0.25, -0.2) is 0 Å². The monoisotopic (exact) mass is 522 g/mol. The number of aromatic nitrogens is 2. The summed E-state index contributed by atoms with van der Waals surface area (Å²) in [7, 11) is 0. The van der Waals surface area contributed by atoms with E-state index in [-0.39, 0.29) is 12.1 Å². The lowest BCUT2D eigenvalue weighted by molar-refractivity contribution is 0.482. The van der Waals surface area contributed by atoms with E-state index in [1.165, 1.54) is 0 Å². The number of nitrogens with one attached hydrogen (secondary N) is 1. The second-order valence-corrected chi connectivity index (χ2v) is 9.51. The molecule has 0 saturated carbocycles. The fourth-order valence-electron chi connectivity index (χ4n) is 4.73. The Morgan fingerprint density at radius 1 is 0.784 bits per heavy atom. The van der Waals surface area contributed by atoms with Gasteiger partial charge in [-0.1, -0.05) is 41.9 Å². The average Bonchev–Trinajstić information content (AvgIpc) is 3.55. The number of rotatable bonds is 6. The summed E-state index contributed by atoms with van der Waals surface area (Å²) in [6, 6.07) is 35.4. The number of benzene rings is 3. The lowest BCUT2D eigenvalue weighted by Crippen LogP contribution is -2.30. The third-order valence-electron chi connectivity index (χ3n) is 6.36. The van der Waals surface area contributed by atoms with E-state index < -0.39 is 0 Å². The van der Waals surface area contributed by atoms with Crippen LogP contribution in [0.5, 0.6) is 11.5 Å². The normalized spacial score (nSPS) is 17.0. The van der Waals surface area contributed by atoms with E-state index in [0.717, 1.165) is 34.3 Å². The molecular weight excluding hydrogens is 500 g/mol. The van der Waals surface area contributed by atoms with E-state index in [0.29, 0.717) is 10.1 Å². The number of para-hydroxylation sites is 1. The Labute approximate surface area is 225 Å². The minimum absolute atomic E-state index is 0.151. The van der Waals surface area contributed by atoms with E-state index in [9.17, 15) is 0 Å². The van der Waals surface area contributed by atoms with Crippen LogP contribution in [-0.2, 0) is 0 Å². The lowest BCUT2D eigenvalue weighted by Gasteiger charge is -2.29. The predicted molar refractivity (Wildman–Crippen MR) is 152 cm³/mol. The zero-order valence-corrected chi connectivity index (χ0v) is 21.3. The van der Waals surface area contributed by atoms with Crippen molar-refractivity contribution in [2.45, 2.75) is 12.1 Å². The van der Waals surface area contributed by atoms with Gasteiger partial charge in [-0.2, -0.15) is 0 Å². The van der Waals surface area contributed by atoms with Crippen molar-refractivity contribution in [2.24, 2.45) is 0 Å². The van der Waals surface area contributed by atoms with Gasteiger partial charge in [-0.15, -0.1) is 0 Å². The van der Waals surface area contributed by atoms with Crippen LogP contribution in [-0.4, -0.2) is 14.7 Å². The van der Waals surface area contributed by atoms with E-state index in [1.54, 1.807) is 0 Å². The van der Waals surface area contributed by atoms with Crippen molar-refractivity contribution in [1.82, 2.24) is 14.9 Å². The summed E-state index contributed by atoms with van der Waals surface area (Å²) in [6.45, 7) is 0. The quantitative estimate of drug-likeness (QED) is 0.234. The number of hydrogen-bond acceptors (Lipinski definition) is 3. The molecule has 182 valence electrons. The molecule has 1 fully saturated rings. The fraction of sp³-hybridized carbons (Fsp3) is 0.0667. The molecule has 3 heterocycles. The lowest BCUT2D eigenvalue weighted by atomic mass is 10.0. The summed E-state index contributed by atoms with van der Waals surface area (Å²) in [6.07, 6.45) is 3.86. The second-order valence-electron chi connectivity index (χ2n) is 8.69. The Bertz CT molecular complexity index is 1520. The van der Waals surface area contributed by atoms with Crippen LogP contribution in [0.1, 0.15) is 23.5 Å². The summed E-state index contributed by atoms with van der Waals surface area (Å²) in [5.41, 5.74) is 3.92. The summed E-state index contributed by atoms with van der Waals surface area (Å²) >= 11 is 12.2. The Balaban J connectivity index is 1.41. The van der Waals surface area contributed by atoms with Crippen molar-refractivity contribution in [3.05, 3.63) is 138 Å². The van der Waals surface area contributed by atoms with E-state index in [1.807, 2.05) is 116 Å². The number of pyridine rings is 1. The first-order valence-electron chi connectivity index (χ1n) is 11.9. The van der Waals surface area contributed by atoms with Crippen molar-refractivity contribution in [2.75, 3.05) is 4.90 Å². The first kappa shape index (κ1) is 23.3. The van der Waals surface area contributed by atoms with Crippen molar-refractivity contribution < 1.29 is 4.74 Å². The molecule has 7 heteroatoms. The maximum atomic E-state index is 6.34. The maximum Gasteiger partial charge on any atom is 0.174 e. The predicted octanol–water partition coefficient (Wildman–Crippen LogP) is 7.50. The molecule has 1 N–H and O–H groups in total. The zero-order chi connectivity index (χ0) is 25.2. The van der Waals surface area contributed by atoms with Gasteiger partial charge in [0.25, 0.3) is 0 Å². The SMILES string of the molecule is S=C1N[C@@H](c2ccccn2)[C@H](c2cccn2-c2cccc(Cl)c2)N1c1ccc(Oc2ccccc2)cc1. The summed E-state index contributed by atoms with van der Waals surface area (Å²) in [5.74, 6) is 1.55. The molecular formula is C30H23ClN4OS. The average molecular weight is 523 g/mol. The number of nitrogens with zero attached hydrogens (tertiary/aromatic N) is 3. The third-order valence-corrected chi connectivity index (χ3v) is 6.91. The molecule has 2 atom stereocenters. The molecule has 0 amide bonds. The Morgan fingerprint density at radius 3 is 2.32 bits per heavy atom. The van der Waals surface area contributed by atoms with Crippen LogP contribution in [0.4, 0.5) is 5.69 Å². The smallest absolute Gasteiger partial charge is 0.174 e. The summed E-state index contributed by atoms with van der Waals surface area (Å²) < 4.78 is 8.16. The standard InChI is InChI=1S/C30H23ClN4OS/c31-21-8-6-9-23(20-21)34-19-7-13-27(34)29-28(26-12-4-5-18-32-26)33-30(37)35(29)22-14-16-25(17-15-22)36-24-10-2-1-3-11-24/h1-20,28-29H,(H,33,37)/t28-,29-/m0/s1. The van der Waals surface area contributed by atoms with Gasteiger partial charge in [-0.05, 0) is 91.1 Å². The van der Waals surface area contributed by atoms with Gasteiger partial charge in [0.05, 0.1) is 11.7 Å². The van der Waals surface area contributed by atoms with Crippen LogP contribution >= 0.6 is 23.8 Å². The maximum absolute atomic E-state index is 6.34. The fourth-order valence-corrected chi connectivity index (χ4v) is 5.26. The largest absolute Gasteiger partial charge is 0.457 e. The minimum Gasteiger partial charge on any atom is -0.457 e. The topological polar surface area (TPSA) is 42.3 Å². The van der Waals surface area contributed by atoms with Crippen LogP contribution in [0.25, 0.3) is 5.69 Å². The number of anilines is 1. The van der Waals surface area contributed by atoms with Crippen LogP contribution in [0.3, 0.4) is 0 Å². The van der Waals surface area contributed by atoms with E-state index >= 15 is 0 Å². The summed E-state index contributed by atoms with van der Waals surface area (Å²) in [4.78, 5) is 6.81. The van der Waals surface area contributed by atoms with E-state index in [2.05, 4.69) is 25.8 Å². The molecule has 3 aromatic carbocycles. The molecule has 2 aromatic heterocycles. The Morgan fingerprint density at radius 2 is 1.57 bits per heavy atom. The van der Waals surface area contributed by atoms with Gasteiger partial charge in [-0.3, -0.25) is 4.98 Å². The van der Waals surface area contributed by atoms with Gasteiger partial charge >= 0.3 is 0 Å². The van der Waals surface area contributed by atoms with Crippen LogP contribution in [0.2, 0.25) is 5.02 Å². The van der Waals surface area contributed by atoms with Gasteiger partial charge in [0.15, 0.2) is 5.11 Å². The highest BCUT2D eigenvalue weighted by Gasteiger charge is 2.42. The summed E-state index contributed by atoms with van der Waals surface area (Å²) in [5, 5.41) is 4.85. The highest BCUT2D eigenvalue weighted by atomic mass is 35.5. The number of ether oxygens (including phenoxy) is 1.